The average Bonchev–Trinajstić information content (AvgIpc) is 2.28. The molecule has 1 aromatic rings. The normalized spacial score (nSPS) is 15.6. The molecule has 0 spiro atoms. The van der Waals surface area contributed by atoms with Crippen molar-refractivity contribution in [1.29, 1.82) is 0 Å². The highest BCUT2D eigenvalue weighted by molar-refractivity contribution is 5.47. The Hall–Kier alpha value is -1.09. The Labute approximate surface area is 103 Å². The lowest BCUT2D eigenvalue weighted by atomic mass is 9.85. The van der Waals surface area contributed by atoms with E-state index in [0.717, 1.165) is 31.1 Å². The molecule has 0 saturated heterocycles. The van der Waals surface area contributed by atoms with Crippen LogP contribution in [0.25, 0.3) is 0 Å². The van der Waals surface area contributed by atoms with Crippen molar-refractivity contribution in [2.45, 2.75) is 25.7 Å². The summed E-state index contributed by atoms with van der Waals surface area (Å²) in [6.45, 7) is 2.49. The summed E-state index contributed by atoms with van der Waals surface area (Å²) in [7, 11) is 0. The first-order chi connectivity index (χ1) is 8.31. The maximum Gasteiger partial charge on any atom is 0.146 e. The van der Waals surface area contributed by atoms with Crippen LogP contribution in [0.2, 0.25) is 0 Å². The van der Waals surface area contributed by atoms with Gasteiger partial charge in [-0.25, -0.2) is 4.39 Å². The SMILES string of the molecule is NCCCN(CC1CCC1)c1ccccc1F. The summed E-state index contributed by atoms with van der Waals surface area (Å²) in [5.41, 5.74) is 6.28. The van der Waals surface area contributed by atoms with Crippen LogP contribution in [-0.2, 0) is 0 Å². The molecule has 2 nitrogen and oxygen atoms in total. The molecule has 1 aliphatic carbocycles. The minimum Gasteiger partial charge on any atom is -0.369 e. The molecule has 0 atom stereocenters. The van der Waals surface area contributed by atoms with E-state index in [1.807, 2.05) is 12.1 Å². The molecule has 0 aromatic heterocycles. The fourth-order valence-electron chi connectivity index (χ4n) is 2.29. The second-order valence-corrected chi connectivity index (χ2v) is 4.84. The Balaban J connectivity index is 2.05. The van der Waals surface area contributed by atoms with Crippen LogP contribution in [0.5, 0.6) is 0 Å². The first-order valence-electron chi connectivity index (χ1n) is 6.51. The summed E-state index contributed by atoms with van der Waals surface area (Å²) in [4.78, 5) is 2.16. The second-order valence-electron chi connectivity index (χ2n) is 4.84. The monoisotopic (exact) mass is 236 g/mol. The van der Waals surface area contributed by atoms with Crippen LogP contribution in [0.15, 0.2) is 24.3 Å². The Bertz CT molecular complexity index is 350. The number of benzene rings is 1. The van der Waals surface area contributed by atoms with Gasteiger partial charge in [-0.1, -0.05) is 18.6 Å². The van der Waals surface area contributed by atoms with Crippen LogP contribution in [0, 0.1) is 11.7 Å². The third-order valence-electron chi connectivity index (χ3n) is 3.53. The first kappa shape index (κ1) is 12.4. The maximum atomic E-state index is 13.8. The van der Waals surface area contributed by atoms with E-state index in [1.165, 1.54) is 25.3 Å². The fourth-order valence-corrected chi connectivity index (χ4v) is 2.29. The molecule has 1 aromatic carbocycles. The fraction of sp³-hybridized carbons (Fsp3) is 0.571. The van der Waals surface area contributed by atoms with Crippen LogP contribution < -0.4 is 10.6 Å². The van der Waals surface area contributed by atoms with Crippen LogP contribution in [0.3, 0.4) is 0 Å². The molecule has 17 heavy (non-hydrogen) atoms. The molecular weight excluding hydrogens is 215 g/mol. The van der Waals surface area contributed by atoms with Gasteiger partial charge in [0.1, 0.15) is 5.82 Å². The molecule has 0 unspecified atom stereocenters. The minimum atomic E-state index is -0.121. The average molecular weight is 236 g/mol. The first-order valence-corrected chi connectivity index (χ1v) is 6.51. The lowest BCUT2D eigenvalue weighted by Gasteiger charge is -2.34. The van der Waals surface area contributed by atoms with E-state index in [9.17, 15) is 4.39 Å². The van der Waals surface area contributed by atoms with E-state index in [0.29, 0.717) is 6.54 Å². The topological polar surface area (TPSA) is 29.3 Å². The second kappa shape index (κ2) is 6.01. The predicted octanol–water partition coefficient (Wildman–Crippen LogP) is 2.78. The van der Waals surface area contributed by atoms with Gasteiger partial charge >= 0.3 is 0 Å². The molecule has 2 N–H and O–H groups in total. The van der Waals surface area contributed by atoms with E-state index in [-0.39, 0.29) is 5.82 Å². The zero-order valence-electron chi connectivity index (χ0n) is 10.2. The molecule has 0 amide bonds. The highest BCUT2D eigenvalue weighted by Gasteiger charge is 2.21. The van der Waals surface area contributed by atoms with Crippen molar-refractivity contribution < 1.29 is 4.39 Å². The minimum absolute atomic E-state index is 0.121. The molecule has 1 saturated carbocycles. The number of rotatable bonds is 6. The summed E-state index contributed by atoms with van der Waals surface area (Å²) in [5, 5.41) is 0. The number of nitrogens with zero attached hydrogens (tertiary/aromatic N) is 1. The van der Waals surface area contributed by atoms with Gasteiger partial charge in [0.2, 0.25) is 0 Å². The van der Waals surface area contributed by atoms with Crippen molar-refractivity contribution in [2.24, 2.45) is 11.7 Å². The van der Waals surface area contributed by atoms with Gasteiger partial charge in [-0.3, -0.25) is 0 Å². The molecule has 3 heteroatoms. The van der Waals surface area contributed by atoms with Gasteiger partial charge in [-0.05, 0) is 43.9 Å². The third kappa shape index (κ3) is 3.19. The third-order valence-corrected chi connectivity index (χ3v) is 3.53. The molecule has 94 valence electrons. The summed E-state index contributed by atoms with van der Waals surface area (Å²) in [6, 6.07) is 7.04. The molecule has 0 radical (unpaired) electrons. The quantitative estimate of drug-likeness (QED) is 0.823. The number of halogens is 1. The molecule has 0 aliphatic heterocycles. The highest BCUT2D eigenvalue weighted by atomic mass is 19.1. The predicted molar refractivity (Wildman–Crippen MR) is 69.6 cm³/mol. The van der Waals surface area contributed by atoms with Gasteiger partial charge < -0.3 is 10.6 Å². The number of anilines is 1. The van der Waals surface area contributed by atoms with Crippen molar-refractivity contribution in [3.8, 4) is 0 Å². The van der Waals surface area contributed by atoms with Gasteiger partial charge in [0, 0.05) is 13.1 Å². The van der Waals surface area contributed by atoms with Gasteiger partial charge in [0.25, 0.3) is 0 Å². The van der Waals surface area contributed by atoms with E-state index in [2.05, 4.69) is 4.90 Å². The molecular formula is C14H21FN2. The van der Waals surface area contributed by atoms with Crippen LogP contribution >= 0.6 is 0 Å². The Morgan fingerprint density at radius 1 is 1.29 bits per heavy atom. The van der Waals surface area contributed by atoms with Gasteiger partial charge in [-0.2, -0.15) is 0 Å². The molecule has 0 heterocycles. The molecule has 2 rings (SSSR count). The van der Waals surface area contributed by atoms with Crippen molar-refractivity contribution >= 4 is 5.69 Å². The van der Waals surface area contributed by atoms with Crippen LogP contribution in [-0.4, -0.2) is 19.6 Å². The van der Waals surface area contributed by atoms with E-state index in [4.69, 9.17) is 5.73 Å². The largest absolute Gasteiger partial charge is 0.369 e. The molecule has 1 aliphatic rings. The number of para-hydroxylation sites is 1. The van der Waals surface area contributed by atoms with Gasteiger partial charge in [0.05, 0.1) is 5.69 Å². The zero-order chi connectivity index (χ0) is 12.1. The smallest absolute Gasteiger partial charge is 0.146 e. The summed E-state index contributed by atoms with van der Waals surface area (Å²) in [6.07, 6.45) is 4.81. The molecule has 1 fully saturated rings. The van der Waals surface area contributed by atoms with Crippen LogP contribution in [0.1, 0.15) is 25.7 Å². The van der Waals surface area contributed by atoms with Crippen molar-refractivity contribution in [2.75, 3.05) is 24.5 Å². The maximum absolute atomic E-state index is 13.8. The Morgan fingerprint density at radius 2 is 2.06 bits per heavy atom. The van der Waals surface area contributed by atoms with Crippen molar-refractivity contribution in [1.82, 2.24) is 0 Å². The lowest BCUT2D eigenvalue weighted by Crippen LogP contribution is -2.34. The number of hydrogen-bond donors (Lipinski definition) is 1. The van der Waals surface area contributed by atoms with E-state index >= 15 is 0 Å². The standard InChI is InChI=1S/C14H21FN2/c15-13-7-1-2-8-14(13)17(10-4-9-16)11-12-5-3-6-12/h1-2,7-8,12H,3-6,9-11,16H2. The Kier molecular flexibility index (Phi) is 4.37. The Morgan fingerprint density at radius 3 is 2.65 bits per heavy atom. The van der Waals surface area contributed by atoms with Crippen molar-refractivity contribution in [3.63, 3.8) is 0 Å². The summed E-state index contributed by atoms with van der Waals surface area (Å²) >= 11 is 0. The van der Waals surface area contributed by atoms with Gasteiger partial charge in [-0.15, -0.1) is 0 Å². The van der Waals surface area contributed by atoms with E-state index in [1.54, 1.807) is 6.07 Å². The van der Waals surface area contributed by atoms with Gasteiger partial charge in [0.15, 0.2) is 0 Å². The summed E-state index contributed by atoms with van der Waals surface area (Å²) in [5.74, 6) is 0.622. The van der Waals surface area contributed by atoms with E-state index < -0.39 is 0 Å². The summed E-state index contributed by atoms with van der Waals surface area (Å²) < 4.78 is 13.8. The number of hydrogen-bond acceptors (Lipinski definition) is 2. The zero-order valence-corrected chi connectivity index (χ0v) is 10.2. The highest BCUT2D eigenvalue weighted by Crippen LogP contribution is 2.29. The van der Waals surface area contributed by atoms with Crippen molar-refractivity contribution in [3.05, 3.63) is 30.1 Å². The lowest BCUT2D eigenvalue weighted by molar-refractivity contribution is 0.316. The van der Waals surface area contributed by atoms with Crippen LogP contribution in [0.4, 0.5) is 10.1 Å². The number of nitrogens with two attached hydrogens (primary N) is 1. The molecule has 0 bridgehead atoms.